The number of hydrogen-bond donors (Lipinski definition) is 0. The fourth-order valence-electron chi connectivity index (χ4n) is 2.48. The average molecular weight is 465 g/mol. The number of ether oxygens (including phenoxy) is 4. The molecule has 2 aliphatic rings. The number of nitrogens with zero attached hydrogens (tertiary/aromatic N) is 4. The van der Waals surface area contributed by atoms with Gasteiger partial charge < -0.3 is 18.9 Å². The minimum absolute atomic E-state index is 0.525. The first-order valence-corrected chi connectivity index (χ1v) is 12.9. The van der Waals surface area contributed by atoms with Crippen LogP contribution in [0, 0.1) is 11.8 Å². The molecule has 28 heavy (non-hydrogen) atoms. The molecule has 2 aromatic rings. The van der Waals surface area contributed by atoms with Crippen LogP contribution in [-0.4, -0.2) is 70.9 Å². The van der Waals surface area contributed by atoms with Crippen molar-refractivity contribution in [3.05, 3.63) is 0 Å². The van der Waals surface area contributed by atoms with Gasteiger partial charge in [0.1, 0.15) is 0 Å². The lowest BCUT2D eigenvalue weighted by atomic mass is 10.1. The van der Waals surface area contributed by atoms with Crippen LogP contribution in [0.2, 0.25) is 0 Å². The fourth-order valence-corrected chi connectivity index (χ4v) is 4.66. The summed E-state index contributed by atoms with van der Waals surface area (Å²) >= 11 is 5.69. The molecule has 2 unspecified atom stereocenters. The summed E-state index contributed by atoms with van der Waals surface area (Å²) in [5.74, 6) is 1.05. The largest absolute Gasteiger partial charge is 0.469 e. The Labute approximate surface area is 181 Å². The van der Waals surface area contributed by atoms with E-state index < -0.39 is 0 Å². The second-order valence-electron chi connectivity index (χ2n) is 6.18. The normalized spacial score (nSPS) is 21.4. The topological polar surface area (TPSA) is 88.5 Å². The molecule has 0 amide bonds. The van der Waals surface area contributed by atoms with Gasteiger partial charge >= 0.3 is 0 Å². The predicted molar refractivity (Wildman–Crippen MR) is 112 cm³/mol. The van der Waals surface area contributed by atoms with Crippen LogP contribution in [-0.2, 0) is 9.47 Å². The summed E-state index contributed by atoms with van der Waals surface area (Å²) in [5.41, 5.74) is 0. The highest BCUT2D eigenvalue weighted by Gasteiger charge is 2.18. The van der Waals surface area contributed by atoms with Crippen molar-refractivity contribution in [2.45, 2.75) is 23.2 Å². The monoisotopic (exact) mass is 464 g/mol. The van der Waals surface area contributed by atoms with Crippen LogP contribution in [0.25, 0.3) is 0 Å². The summed E-state index contributed by atoms with van der Waals surface area (Å²) in [5, 5.41) is 2.91. The third kappa shape index (κ3) is 7.30. The lowest BCUT2D eigenvalue weighted by Gasteiger charge is -2.06. The Morgan fingerprint density at radius 3 is 1.64 bits per heavy atom. The van der Waals surface area contributed by atoms with Gasteiger partial charge in [-0.05, 0) is 25.4 Å². The third-order valence-electron chi connectivity index (χ3n) is 4.08. The Morgan fingerprint density at radius 2 is 1.32 bits per heavy atom. The van der Waals surface area contributed by atoms with Crippen LogP contribution in [0.15, 0.2) is 10.3 Å². The molecule has 0 saturated carbocycles. The Hall–Kier alpha value is -0.660. The van der Waals surface area contributed by atoms with Gasteiger partial charge in [-0.2, -0.15) is 18.7 Å². The van der Waals surface area contributed by atoms with Crippen molar-refractivity contribution in [1.82, 2.24) is 18.7 Å². The molecule has 156 valence electrons. The summed E-state index contributed by atoms with van der Waals surface area (Å²) in [6.07, 6.45) is 6.09. The molecule has 0 spiro atoms. The first-order chi connectivity index (χ1) is 13.8. The van der Waals surface area contributed by atoms with E-state index in [1.807, 2.05) is 12.5 Å². The molecule has 0 aliphatic carbocycles. The second kappa shape index (κ2) is 12.1. The zero-order valence-corrected chi connectivity index (χ0v) is 19.1. The summed E-state index contributed by atoms with van der Waals surface area (Å²) in [6, 6.07) is 0. The van der Waals surface area contributed by atoms with E-state index >= 15 is 0 Å². The number of hydrogen-bond acceptors (Lipinski definition) is 12. The standard InChI is InChI=1S/2C8H12N2O2S2/c2*1-13-7-9-8(14-10-7)12-5-6-2-3-11-4-6/h2*6H,2-5H2,1H3. The SMILES string of the molecule is CSc1nsc(OCC2CCOC2)n1.CSc1nsc(OCC2CCOC2)n1. The smallest absolute Gasteiger partial charge is 0.293 e. The number of thioether (sulfide) groups is 2. The molecule has 0 aromatic carbocycles. The van der Waals surface area contributed by atoms with E-state index in [0.29, 0.717) is 35.4 Å². The van der Waals surface area contributed by atoms with E-state index in [4.69, 9.17) is 18.9 Å². The summed E-state index contributed by atoms with van der Waals surface area (Å²) in [6.45, 7) is 4.74. The Bertz CT molecular complexity index is 631. The van der Waals surface area contributed by atoms with E-state index in [1.54, 1.807) is 0 Å². The first-order valence-electron chi connectivity index (χ1n) is 8.93. The van der Waals surface area contributed by atoms with Crippen LogP contribution >= 0.6 is 46.6 Å². The molecule has 4 heterocycles. The molecule has 0 radical (unpaired) electrons. The number of aromatic nitrogens is 4. The van der Waals surface area contributed by atoms with Crippen molar-refractivity contribution in [3.8, 4) is 10.4 Å². The Balaban J connectivity index is 0.000000161. The molecule has 4 rings (SSSR count). The van der Waals surface area contributed by atoms with Crippen molar-refractivity contribution in [2.24, 2.45) is 11.8 Å². The van der Waals surface area contributed by atoms with Gasteiger partial charge in [0.05, 0.1) is 26.4 Å². The highest BCUT2D eigenvalue weighted by Crippen LogP contribution is 2.22. The van der Waals surface area contributed by atoms with Crippen LogP contribution < -0.4 is 9.47 Å². The summed E-state index contributed by atoms with van der Waals surface area (Å²) in [7, 11) is 0. The highest BCUT2D eigenvalue weighted by molar-refractivity contribution is 7.98. The highest BCUT2D eigenvalue weighted by atomic mass is 32.2. The maximum absolute atomic E-state index is 5.52. The molecule has 0 bridgehead atoms. The maximum atomic E-state index is 5.52. The van der Waals surface area contributed by atoms with Crippen molar-refractivity contribution in [2.75, 3.05) is 52.2 Å². The van der Waals surface area contributed by atoms with E-state index in [2.05, 4.69) is 18.7 Å². The molecular formula is C16H24N4O4S4. The van der Waals surface area contributed by atoms with Gasteiger partial charge in [-0.25, -0.2) is 0 Å². The van der Waals surface area contributed by atoms with Gasteiger partial charge in [0, 0.05) is 48.1 Å². The van der Waals surface area contributed by atoms with Gasteiger partial charge in [-0.1, -0.05) is 23.5 Å². The van der Waals surface area contributed by atoms with Crippen LogP contribution in [0.1, 0.15) is 12.8 Å². The van der Waals surface area contributed by atoms with Crippen LogP contribution in [0.5, 0.6) is 10.4 Å². The predicted octanol–water partition coefficient (Wildman–Crippen LogP) is 3.35. The third-order valence-corrected chi connectivity index (χ3v) is 6.66. The number of rotatable bonds is 8. The van der Waals surface area contributed by atoms with Gasteiger partial charge in [0.15, 0.2) is 0 Å². The van der Waals surface area contributed by atoms with Gasteiger partial charge in [-0.3, -0.25) is 0 Å². The van der Waals surface area contributed by atoms with E-state index in [1.165, 1.54) is 46.6 Å². The summed E-state index contributed by atoms with van der Waals surface area (Å²) in [4.78, 5) is 8.39. The lowest BCUT2D eigenvalue weighted by molar-refractivity contribution is 0.166. The van der Waals surface area contributed by atoms with Crippen molar-refractivity contribution >= 4 is 46.6 Å². The molecule has 2 aliphatic heterocycles. The first kappa shape index (κ1) is 22.0. The van der Waals surface area contributed by atoms with Gasteiger partial charge in [0.2, 0.25) is 10.3 Å². The lowest BCUT2D eigenvalue weighted by Crippen LogP contribution is -2.11. The Morgan fingerprint density at radius 1 is 0.857 bits per heavy atom. The molecule has 2 aromatic heterocycles. The molecule has 12 heteroatoms. The van der Waals surface area contributed by atoms with E-state index in [0.717, 1.165) is 49.6 Å². The van der Waals surface area contributed by atoms with E-state index in [-0.39, 0.29) is 0 Å². The zero-order valence-electron chi connectivity index (χ0n) is 15.9. The quantitative estimate of drug-likeness (QED) is 0.542. The second-order valence-corrected chi connectivity index (χ2v) is 9.15. The molecular weight excluding hydrogens is 440 g/mol. The minimum Gasteiger partial charge on any atom is -0.469 e. The molecule has 2 fully saturated rings. The van der Waals surface area contributed by atoms with Crippen molar-refractivity contribution in [1.29, 1.82) is 0 Å². The van der Waals surface area contributed by atoms with E-state index in [9.17, 15) is 0 Å². The zero-order chi connectivity index (χ0) is 19.6. The van der Waals surface area contributed by atoms with Crippen molar-refractivity contribution in [3.63, 3.8) is 0 Å². The maximum Gasteiger partial charge on any atom is 0.293 e. The van der Waals surface area contributed by atoms with Crippen molar-refractivity contribution < 1.29 is 18.9 Å². The van der Waals surface area contributed by atoms with Crippen LogP contribution in [0.3, 0.4) is 0 Å². The molecule has 2 atom stereocenters. The van der Waals surface area contributed by atoms with Gasteiger partial charge in [0.25, 0.3) is 10.4 Å². The summed E-state index contributed by atoms with van der Waals surface area (Å²) < 4.78 is 29.8. The molecule has 2 saturated heterocycles. The molecule has 0 N–H and O–H groups in total. The average Bonchev–Trinajstić information content (AvgIpc) is 3.52. The molecule has 8 nitrogen and oxygen atoms in total. The fraction of sp³-hybridized carbons (Fsp3) is 0.750. The van der Waals surface area contributed by atoms with Crippen LogP contribution in [0.4, 0.5) is 0 Å². The minimum atomic E-state index is 0.525. The van der Waals surface area contributed by atoms with Gasteiger partial charge in [-0.15, -0.1) is 0 Å². The Kier molecular flexibility index (Phi) is 9.55.